The van der Waals surface area contributed by atoms with Gasteiger partial charge in [0.15, 0.2) is 0 Å². The Balaban J connectivity index is 2.92. The average Bonchev–Trinajstić information content (AvgIpc) is 2.06. The van der Waals surface area contributed by atoms with Crippen LogP contribution >= 0.6 is 23.5 Å². The summed E-state index contributed by atoms with van der Waals surface area (Å²) in [7, 11) is 0. The van der Waals surface area contributed by atoms with Gasteiger partial charge in [0.25, 0.3) is 5.00 Å². The number of halogens is 4. The molecule has 0 amide bonds. The van der Waals surface area contributed by atoms with Gasteiger partial charge in [-0.15, -0.1) is 0 Å². The van der Waals surface area contributed by atoms with Gasteiger partial charge in [0.05, 0.1) is 5.25 Å². The molecular weight excluding hydrogens is 216 g/mol. The summed E-state index contributed by atoms with van der Waals surface area (Å²) in [5, 5.41) is -4.77. The minimum Gasteiger partial charge on any atom is -0.274 e. The highest BCUT2D eigenvalue weighted by molar-refractivity contribution is 8.42. The highest BCUT2D eigenvalue weighted by Gasteiger charge is 2.65. The third-order valence-corrected chi connectivity index (χ3v) is 4.02. The van der Waals surface area contributed by atoms with Crippen molar-refractivity contribution in [3.63, 3.8) is 0 Å². The summed E-state index contributed by atoms with van der Waals surface area (Å²) in [5.41, 5.74) is 0. The van der Waals surface area contributed by atoms with Crippen LogP contribution < -0.4 is 0 Å². The second-order valence-electron chi connectivity index (χ2n) is 2.25. The van der Waals surface area contributed by atoms with Gasteiger partial charge in [0.1, 0.15) is 0 Å². The van der Waals surface area contributed by atoms with Crippen LogP contribution in [0.25, 0.3) is 0 Å². The SMILES string of the molecule is CC1SC(=O)SC1(F)C(F)(F)F. The van der Waals surface area contributed by atoms with Crippen molar-refractivity contribution in [1.29, 1.82) is 0 Å². The zero-order valence-electron chi connectivity index (χ0n) is 5.81. The summed E-state index contributed by atoms with van der Waals surface area (Å²) in [6.45, 7) is 1.05. The van der Waals surface area contributed by atoms with Crippen LogP contribution in [0.2, 0.25) is 0 Å². The number of rotatable bonds is 0. The molecule has 1 aliphatic rings. The summed E-state index contributed by atoms with van der Waals surface area (Å²) in [6, 6.07) is 0. The number of carbonyl (C=O) groups is 1. The van der Waals surface area contributed by atoms with E-state index in [0.717, 1.165) is 6.92 Å². The largest absolute Gasteiger partial charge is 0.433 e. The standard InChI is InChI=1S/C5H4F4OS2/c1-2-4(6,5(7,8)9)12-3(10)11-2/h2H,1H3. The minimum atomic E-state index is -4.98. The lowest BCUT2D eigenvalue weighted by Gasteiger charge is -2.23. The number of hydrogen-bond donors (Lipinski definition) is 0. The van der Waals surface area contributed by atoms with Gasteiger partial charge in [-0.1, -0.05) is 11.8 Å². The molecule has 0 spiro atoms. The van der Waals surface area contributed by atoms with E-state index in [9.17, 15) is 22.4 Å². The molecule has 1 rings (SSSR count). The summed E-state index contributed by atoms with van der Waals surface area (Å²) in [6.07, 6.45) is -4.98. The Hall–Kier alpha value is 0.0900. The summed E-state index contributed by atoms with van der Waals surface area (Å²) in [4.78, 5) is 10.5. The fourth-order valence-corrected chi connectivity index (χ4v) is 3.11. The molecule has 1 fully saturated rings. The van der Waals surface area contributed by atoms with Gasteiger partial charge in [-0.2, -0.15) is 13.2 Å². The molecule has 1 nitrogen and oxygen atoms in total. The van der Waals surface area contributed by atoms with E-state index in [-0.39, 0.29) is 11.8 Å². The van der Waals surface area contributed by atoms with E-state index in [1.165, 1.54) is 0 Å². The molecule has 0 aromatic rings. The zero-order chi connectivity index (χ0) is 9.57. The predicted octanol–water partition coefficient (Wildman–Crippen LogP) is 3.20. The molecule has 0 aromatic carbocycles. The van der Waals surface area contributed by atoms with Crippen LogP contribution in [0.5, 0.6) is 0 Å². The maximum Gasteiger partial charge on any atom is 0.433 e. The summed E-state index contributed by atoms with van der Waals surface area (Å²) >= 11 is 0.0985. The molecule has 0 aliphatic carbocycles. The van der Waals surface area contributed by atoms with Crippen molar-refractivity contribution >= 4 is 28.0 Å². The molecule has 1 saturated heterocycles. The van der Waals surface area contributed by atoms with Gasteiger partial charge in [-0.25, -0.2) is 4.39 Å². The van der Waals surface area contributed by atoms with Crippen LogP contribution in [0, 0.1) is 0 Å². The van der Waals surface area contributed by atoms with Crippen LogP contribution in [0.3, 0.4) is 0 Å². The van der Waals surface area contributed by atoms with Crippen molar-refractivity contribution in [2.75, 3.05) is 0 Å². The zero-order valence-corrected chi connectivity index (χ0v) is 7.45. The molecule has 1 aliphatic heterocycles. The number of alkyl halides is 4. The Labute approximate surface area is 74.3 Å². The van der Waals surface area contributed by atoms with E-state index >= 15 is 0 Å². The molecule has 0 saturated carbocycles. The Kier molecular flexibility index (Phi) is 2.37. The quantitative estimate of drug-likeness (QED) is 0.583. The third-order valence-electron chi connectivity index (χ3n) is 1.41. The smallest absolute Gasteiger partial charge is 0.274 e. The number of carbonyl (C=O) groups excluding carboxylic acids is 1. The van der Waals surface area contributed by atoms with Gasteiger partial charge >= 0.3 is 6.18 Å². The molecule has 70 valence electrons. The van der Waals surface area contributed by atoms with E-state index < -0.39 is 20.9 Å². The second-order valence-corrected chi connectivity index (χ2v) is 5.00. The van der Waals surface area contributed by atoms with Crippen LogP contribution in [0.4, 0.5) is 22.4 Å². The predicted molar refractivity (Wildman–Crippen MR) is 39.9 cm³/mol. The topological polar surface area (TPSA) is 17.1 Å². The lowest BCUT2D eigenvalue weighted by Crippen LogP contribution is -2.42. The number of hydrogen-bond acceptors (Lipinski definition) is 3. The van der Waals surface area contributed by atoms with Crippen molar-refractivity contribution in [2.45, 2.75) is 23.4 Å². The molecule has 2 atom stereocenters. The monoisotopic (exact) mass is 220 g/mol. The summed E-state index contributed by atoms with van der Waals surface area (Å²) < 4.78 is 48.3. The average molecular weight is 220 g/mol. The highest BCUT2D eigenvalue weighted by atomic mass is 32.2. The van der Waals surface area contributed by atoms with Crippen molar-refractivity contribution in [2.24, 2.45) is 0 Å². The lowest BCUT2D eigenvalue weighted by molar-refractivity contribution is -0.192. The maximum absolute atomic E-state index is 13.1. The fraction of sp³-hybridized carbons (Fsp3) is 0.800. The highest BCUT2D eigenvalue weighted by Crippen LogP contribution is 2.56. The van der Waals surface area contributed by atoms with E-state index in [1.807, 2.05) is 0 Å². The second kappa shape index (κ2) is 2.80. The number of thioether (sulfide) groups is 2. The van der Waals surface area contributed by atoms with Crippen molar-refractivity contribution in [1.82, 2.24) is 0 Å². The van der Waals surface area contributed by atoms with Crippen LogP contribution in [-0.4, -0.2) is 20.9 Å². The Morgan fingerprint density at radius 2 is 2.00 bits per heavy atom. The van der Waals surface area contributed by atoms with E-state index in [1.54, 1.807) is 0 Å². The van der Waals surface area contributed by atoms with Crippen molar-refractivity contribution < 1.29 is 22.4 Å². The molecular formula is C5H4F4OS2. The molecule has 0 aromatic heterocycles. The lowest BCUT2D eigenvalue weighted by atomic mass is 10.3. The first-order valence-electron chi connectivity index (χ1n) is 2.92. The first-order valence-corrected chi connectivity index (χ1v) is 4.62. The summed E-state index contributed by atoms with van der Waals surface area (Å²) in [5.74, 6) is 0. The minimum absolute atomic E-state index is 0.285. The fourth-order valence-electron chi connectivity index (χ4n) is 0.737. The van der Waals surface area contributed by atoms with Crippen molar-refractivity contribution in [3.8, 4) is 0 Å². The molecule has 0 radical (unpaired) electrons. The van der Waals surface area contributed by atoms with Crippen molar-refractivity contribution in [3.05, 3.63) is 0 Å². The first kappa shape index (κ1) is 10.2. The van der Waals surface area contributed by atoms with E-state index in [4.69, 9.17) is 0 Å². The Morgan fingerprint density at radius 3 is 2.17 bits per heavy atom. The maximum atomic E-state index is 13.1. The van der Waals surface area contributed by atoms with E-state index in [0.29, 0.717) is 11.8 Å². The Morgan fingerprint density at radius 1 is 1.50 bits per heavy atom. The van der Waals surface area contributed by atoms with Gasteiger partial charge in [-0.3, -0.25) is 4.79 Å². The van der Waals surface area contributed by atoms with Crippen LogP contribution in [-0.2, 0) is 0 Å². The molecule has 1 heterocycles. The normalized spacial score (nSPS) is 37.4. The molecule has 0 bridgehead atoms. The van der Waals surface area contributed by atoms with Crippen LogP contribution in [0.15, 0.2) is 0 Å². The molecule has 0 N–H and O–H groups in total. The third kappa shape index (κ3) is 1.44. The first-order chi connectivity index (χ1) is 5.27. The molecule has 7 heteroatoms. The van der Waals surface area contributed by atoms with Gasteiger partial charge in [-0.05, 0) is 18.7 Å². The molecule has 12 heavy (non-hydrogen) atoms. The van der Waals surface area contributed by atoms with Gasteiger partial charge in [0.2, 0.25) is 4.45 Å². The van der Waals surface area contributed by atoms with Gasteiger partial charge < -0.3 is 0 Å². The molecule has 2 unspecified atom stereocenters. The van der Waals surface area contributed by atoms with Crippen LogP contribution in [0.1, 0.15) is 6.92 Å². The van der Waals surface area contributed by atoms with E-state index in [2.05, 4.69) is 0 Å². The Bertz CT molecular complexity index is 216. The van der Waals surface area contributed by atoms with Gasteiger partial charge in [0, 0.05) is 0 Å².